The molecule has 0 aromatic heterocycles. The molecule has 0 spiro atoms. The summed E-state index contributed by atoms with van der Waals surface area (Å²) in [6, 6.07) is 9.59. The summed E-state index contributed by atoms with van der Waals surface area (Å²) in [5, 5.41) is 3.97. The fourth-order valence-electron chi connectivity index (χ4n) is 4.42. The molecule has 1 N–H and O–H groups in total. The van der Waals surface area contributed by atoms with Crippen LogP contribution < -0.4 is 5.32 Å². The van der Waals surface area contributed by atoms with Crippen LogP contribution in [-0.4, -0.2) is 6.54 Å². The molecule has 1 nitrogen and oxygen atoms in total. The zero-order valence-electron chi connectivity index (χ0n) is 14.0. The molecule has 21 heavy (non-hydrogen) atoms. The highest BCUT2D eigenvalue weighted by molar-refractivity contribution is 5.34. The van der Waals surface area contributed by atoms with E-state index in [-0.39, 0.29) is 0 Å². The molecule has 1 aromatic carbocycles. The standard InChI is InChI=1S/C20H31N/c1-15-8-4-5-10-17(15)14-21-19-18-11-7-6-9-16(18)12-13-20(19,2)3/h6-7,9,11,15,17,19,21H,4-5,8,10,12-14H2,1-3H3. The van der Waals surface area contributed by atoms with Crippen LogP contribution in [0.1, 0.15) is 70.0 Å². The fourth-order valence-corrected chi connectivity index (χ4v) is 4.42. The first-order valence-electron chi connectivity index (χ1n) is 8.89. The first-order chi connectivity index (χ1) is 10.1. The highest BCUT2D eigenvalue weighted by atomic mass is 14.9. The highest BCUT2D eigenvalue weighted by Gasteiger charge is 2.36. The zero-order chi connectivity index (χ0) is 14.9. The molecule has 1 saturated carbocycles. The lowest BCUT2D eigenvalue weighted by atomic mass is 9.70. The van der Waals surface area contributed by atoms with Crippen molar-refractivity contribution < 1.29 is 0 Å². The number of hydrogen-bond acceptors (Lipinski definition) is 1. The van der Waals surface area contributed by atoms with Gasteiger partial charge in [-0.1, -0.05) is 64.3 Å². The maximum atomic E-state index is 3.97. The summed E-state index contributed by atoms with van der Waals surface area (Å²) in [5.41, 5.74) is 3.48. The van der Waals surface area contributed by atoms with E-state index in [9.17, 15) is 0 Å². The lowest BCUT2D eigenvalue weighted by molar-refractivity contribution is 0.177. The van der Waals surface area contributed by atoms with Gasteiger partial charge in [0, 0.05) is 6.04 Å². The van der Waals surface area contributed by atoms with Crippen molar-refractivity contribution in [1.29, 1.82) is 0 Å². The third kappa shape index (κ3) is 3.18. The third-order valence-corrected chi connectivity index (χ3v) is 6.06. The van der Waals surface area contributed by atoms with E-state index in [1.54, 1.807) is 11.1 Å². The number of nitrogens with one attached hydrogen (secondary N) is 1. The SMILES string of the molecule is CC1CCCCC1CNC1c2ccccc2CCC1(C)C. The summed E-state index contributed by atoms with van der Waals surface area (Å²) in [4.78, 5) is 0. The molecule has 0 radical (unpaired) electrons. The van der Waals surface area contributed by atoms with Gasteiger partial charge in [0.05, 0.1) is 0 Å². The highest BCUT2D eigenvalue weighted by Crippen LogP contribution is 2.43. The molecule has 0 bridgehead atoms. The van der Waals surface area contributed by atoms with Crippen LogP contribution in [0.15, 0.2) is 24.3 Å². The van der Waals surface area contributed by atoms with Crippen molar-refractivity contribution in [2.45, 2.75) is 65.3 Å². The Balaban J connectivity index is 1.73. The van der Waals surface area contributed by atoms with Gasteiger partial charge in [0.2, 0.25) is 0 Å². The van der Waals surface area contributed by atoms with Crippen molar-refractivity contribution in [1.82, 2.24) is 5.32 Å². The van der Waals surface area contributed by atoms with Crippen LogP contribution in [0.25, 0.3) is 0 Å². The van der Waals surface area contributed by atoms with Crippen LogP contribution in [0.4, 0.5) is 0 Å². The minimum absolute atomic E-state index is 0.367. The maximum Gasteiger partial charge on any atom is 0.0374 e. The van der Waals surface area contributed by atoms with E-state index in [0.29, 0.717) is 11.5 Å². The Morgan fingerprint density at radius 1 is 1.14 bits per heavy atom. The second-order valence-electron chi connectivity index (χ2n) is 8.05. The second kappa shape index (κ2) is 6.12. The van der Waals surface area contributed by atoms with Gasteiger partial charge in [-0.05, 0) is 54.2 Å². The topological polar surface area (TPSA) is 12.0 Å². The Morgan fingerprint density at radius 3 is 2.71 bits per heavy atom. The maximum absolute atomic E-state index is 3.97. The monoisotopic (exact) mass is 285 g/mol. The van der Waals surface area contributed by atoms with Crippen molar-refractivity contribution in [3.8, 4) is 0 Å². The quantitative estimate of drug-likeness (QED) is 0.813. The molecule has 3 unspecified atom stereocenters. The van der Waals surface area contributed by atoms with E-state index in [1.165, 1.54) is 45.1 Å². The molecular weight excluding hydrogens is 254 g/mol. The normalized spacial score (nSPS) is 31.7. The van der Waals surface area contributed by atoms with E-state index in [0.717, 1.165) is 11.8 Å². The van der Waals surface area contributed by atoms with E-state index < -0.39 is 0 Å². The minimum Gasteiger partial charge on any atom is -0.309 e. The summed E-state index contributed by atoms with van der Waals surface area (Å²) in [5.74, 6) is 1.77. The molecule has 1 fully saturated rings. The van der Waals surface area contributed by atoms with Gasteiger partial charge < -0.3 is 5.32 Å². The zero-order valence-corrected chi connectivity index (χ0v) is 14.0. The van der Waals surface area contributed by atoms with Crippen molar-refractivity contribution in [3.63, 3.8) is 0 Å². The summed E-state index contributed by atoms with van der Waals surface area (Å²) in [6.45, 7) is 8.52. The number of benzene rings is 1. The average Bonchev–Trinajstić information content (AvgIpc) is 2.47. The molecule has 0 saturated heterocycles. The molecule has 0 aliphatic heterocycles. The molecule has 2 aliphatic carbocycles. The van der Waals surface area contributed by atoms with E-state index in [4.69, 9.17) is 0 Å². The number of aryl methyl sites for hydroxylation is 1. The van der Waals surface area contributed by atoms with E-state index >= 15 is 0 Å². The van der Waals surface area contributed by atoms with Gasteiger partial charge in [-0.2, -0.15) is 0 Å². The van der Waals surface area contributed by atoms with Crippen LogP contribution in [0.2, 0.25) is 0 Å². The predicted molar refractivity (Wildman–Crippen MR) is 90.4 cm³/mol. The Morgan fingerprint density at radius 2 is 1.90 bits per heavy atom. The van der Waals surface area contributed by atoms with E-state index in [1.807, 2.05) is 0 Å². The summed E-state index contributed by atoms with van der Waals surface area (Å²) < 4.78 is 0. The van der Waals surface area contributed by atoms with Crippen molar-refractivity contribution in [3.05, 3.63) is 35.4 Å². The van der Waals surface area contributed by atoms with Gasteiger partial charge >= 0.3 is 0 Å². The van der Waals surface area contributed by atoms with Gasteiger partial charge in [0.15, 0.2) is 0 Å². The number of fused-ring (bicyclic) bond motifs is 1. The summed E-state index contributed by atoms with van der Waals surface area (Å²) >= 11 is 0. The molecular formula is C20H31N. The largest absolute Gasteiger partial charge is 0.309 e. The lowest BCUT2D eigenvalue weighted by Gasteiger charge is -2.42. The average molecular weight is 285 g/mol. The molecule has 1 aromatic rings. The van der Waals surface area contributed by atoms with Crippen LogP contribution in [0.3, 0.4) is 0 Å². The smallest absolute Gasteiger partial charge is 0.0374 e. The molecule has 0 heterocycles. The molecule has 2 aliphatic rings. The van der Waals surface area contributed by atoms with Gasteiger partial charge in [-0.25, -0.2) is 0 Å². The number of hydrogen-bond donors (Lipinski definition) is 1. The van der Waals surface area contributed by atoms with Gasteiger partial charge in [0.25, 0.3) is 0 Å². The minimum atomic E-state index is 0.367. The lowest BCUT2D eigenvalue weighted by Crippen LogP contribution is -2.41. The van der Waals surface area contributed by atoms with Gasteiger partial charge in [0.1, 0.15) is 0 Å². The molecule has 116 valence electrons. The molecule has 3 atom stereocenters. The van der Waals surface area contributed by atoms with Crippen LogP contribution in [0.5, 0.6) is 0 Å². The van der Waals surface area contributed by atoms with Crippen LogP contribution in [0, 0.1) is 17.3 Å². The van der Waals surface area contributed by atoms with Crippen LogP contribution >= 0.6 is 0 Å². The van der Waals surface area contributed by atoms with E-state index in [2.05, 4.69) is 50.4 Å². The Bertz CT molecular complexity index is 476. The van der Waals surface area contributed by atoms with Gasteiger partial charge in [-0.15, -0.1) is 0 Å². The molecule has 1 heteroatoms. The first kappa shape index (κ1) is 15.1. The predicted octanol–water partition coefficient (Wildman–Crippen LogP) is 5.12. The fraction of sp³-hybridized carbons (Fsp3) is 0.700. The molecule has 0 amide bonds. The Hall–Kier alpha value is -0.820. The third-order valence-electron chi connectivity index (χ3n) is 6.06. The summed E-state index contributed by atoms with van der Waals surface area (Å²) in [7, 11) is 0. The Kier molecular flexibility index (Phi) is 4.40. The van der Waals surface area contributed by atoms with Crippen molar-refractivity contribution in [2.75, 3.05) is 6.54 Å². The second-order valence-corrected chi connectivity index (χ2v) is 8.05. The number of rotatable bonds is 3. The summed E-state index contributed by atoms with van der Waals surface area (Å²) in [6.07, 6.45) is 8.25. The molecule has 3 rings (SSSR count). The Labute approximate surface area is 130 Å². The van der Waals surface area contributed by atoms with Gasteiger partial charge in [-0.3, -0.25) is 0 Å². The first-order valence-corrected chi connectivity index (χ1v) is 8.89. The van der Waals surface area contributed by atoms with Crippen molar-refractivity contribution in [2.24, 2.45) is 17.3 Å². The van der Waals surface area contributed by atoms with Crippen molar-refractivity contribution >= 4 is 0 Å². The van der Waals surface area contributed by atoms with Crippen LogP contribution in [-0.2, 0) is 6.42 Å².